The van der Waals surface area contributed by atoms with Gasteiger partial charge in [-0.25, -0.2) is 0 Å². The summed E-state index contributed by atoms with van der Waals surface area (Å²) in [5.74, 6) is 0.308. The highest BCUT2D eigenvalue weighted by Crippen LogP contribution is 2.38. The summed E-state index contributed by atoms with van der Waals surface area (Å²) >= 11 is 6.80. The Labute approximate surface area is 366 Å². The van der Waals surface area contributed by atoms with E-state index in [0.717, 1.165) is 62.2 Å². The third-order valence-electron chi connectivity index (χ3n) is 10.7. The molecule has 0 aliphatic heterocycles. The van der Waals surface area contributed by atoms with Crippen LogP contribution in [0, 0.1) is 25.2 Å². The molecule has 0 spiro atoms. The van der Waals surface area contributed by atoms with Gasteiger partial charge in [0.1, 0.15) is 42.1 Å². The van der Waals surface area contributed by atoms with E-state index in [1.165, 1.54) is 13.1 Å². The molecule has 0 saturated carbocycles. The van der Waals surface area contributed by atoms with Crippen LogP contribution in [0.2, 0.25) is 5.02 Å². The molecule has 2 heterocycles. The number of aliphatic hydroxyl groups excluding tert-OH is 2. The number of carboxylic acid groups (broad SMARTS) is 1. The molecule has 0 aliphatic carbocycles. The standard InChI is InChI=1S/C49H50ClN5O7/c1-32-38(30-62-47-22-46(61-29-36-19-35(23-51)25-54-26-36)40(21-44(47)50)28-55-49(3,31-57)48(58)59)8-4-10-42(32)43-11-5-9-41(33(43)2)37-12-13-45(39(20-37)27-53-16-17-56)60-18-14-34-7-6-15-52-24-34/h4-13,15,19-22,24-26,53,55-57H,14,16-18,27-31H2,1-3H3,(H,58,59). The summed E-state index contributed by atoms with van der Waals surface area (Å²) in [4.78, 5) is 20.2. The number of benzene rings is 4. The van der Waals surface area contributed by atoms with Crippen LogP contribution in [0.1, 0.15) is 51.4 Å². The van der Waals surface area contributed by atoms with Crippen LogP contribution in [0.5, 0.6) is 17.2 Å². The maximum absolute atomic E-state index is 11.9. The summed E-state index contributed by atoms with van der Waals surface area (Å²) < 4.78 is 18.8. The highest BCUT2D eigenvalue weighted by Gasteiger charge is 2.32. The number of pyridine rings is 2. The molecule has 1 unspecified atom stereocenters. The first-order valence-corrected chi connectivity index (χ1v) is 20.6. The topological polar surface area (TPSA) is 179 Å². The number of aliphatic hydroxyl groups is 2. The van der Waals surface area contributed by atoms with Gasteiger partial charge in [-0.1, -0.05) is 60.1 Å². The maximum atomic E-state index is 11.9. The van der Waals surface area contributed by atoms with Crippen molar-refractivity contribution in [3.05, 3.63) is 159 Å². The number of rotatable bonds is 21. The number of nitrogens with zero attached hydrogens (tertiary/aromatic N) is 3. The Kier molecular flexibility index (Phi) is 15.6. The van der Waals surface area contributed by atoms with E-state index < -0.39 is 18.1 Å². The quantitative estimate of drug-likeness (QED) is 0.0446. The lowest BCUT2D eigenvalue weighted by atomic mass is 9.89. The second-order valence-electron chi connectivity index (χ2n) is 15.1. The van der Waals surface area contributed by atoms with Crippen molar-refractivity contribution < 1.29 is 34.3 Å². The van der Waals surface area contributed by atoms with Crippen molar-refractivity contribution in [2.24, 2.45) is 0 Å². The zero-order chi connectivity index (χ0) is 44.1. The van der Waals surface area contributed by atoms with Gasteiger partial charge >= 0.3 is 5.97 Å². The molecule has 6 aromatic rings. The SMILES string of the molecule is Cc1c(COc2cc(OCc3cncc(C#N)c3)c(CNC(C)(CO)C(=O)O)cc2Cl)cccc1-c1cccc(-c2ccc(OCCc3cccnc3)c(CNCCO)c2)c1C. The van der Waals surface area contributed by atoms with Gasteiger partial charge in [-0.15, -0.1) is 0 Å². The zero-order valence-electron chi connectivity index (χ0n) is 35.0. The minimum atomic E-state index is -1.61. The molecule has 0 fully saturated rings. The van der Waals surface area contributed by atoms with E-state index in [4.69, 9.17) is 25.8 Å². The van der Waals surface area contributed by atoms with Crippen molar-refractivity contribution >= 4 is 17.6 Å². The third kappa shape index (κ3) is 11.3. The summed E-state index contributed by atoms with van der Waals surface area (Å²) in [5.41, 5.74) is 9.43. The minimum Gasteiger partial charge on any atom is -0.493 e. The van der Waals surface area contributed by atoms with Crippen LogP contribution in [0.25, 0.3) is 22.3 Å². The van der Waals surface area contributed by atoms with E-state index in [9.17, 15) is 25.4 Å². The molecule has 0 bridgehead atoms. The smallest absolute Gasteiger partial charge is 0.326 e. The monoisotopic (exact) mass is 855 g/mol. The summed E-state index contributed by atoms with van der Waals surface area (Å²) in [6.45, 7) is 6.76. The number of carbonyl (C=O) groups is 1. The molecular weight excluding hydrogens is 806 g/mol. The van der Waals surface area contributed by atoms with Gasteiger partial charge in [-0.2, -0.15) is 5.26 Å². The molecule has 320 valence electrons. The number of nitrogens with one attached hydrogen (secondary N) is 2. The molecule has 5 N–H and O–H groups in total. The molecule has 0 saturated heterocycles. The van der Waals surface area contributed by atoms with E-state index in [0.29, 0.717) is 47.9 Å². The van der Waals surface area contributed by atoms with E-state index in [1.54, 1.807) is 30.6 Å². The van der Waals surface area contributed by atoms with E-state index in [2.05, 4.69) is 76.9 Å². The predicted molar refractivity (Wildman–Crippen MR) is 238 cm³/mol. The van der Waals surface area contributed by atoms with Crippen LogP contribution in [-0.4, -0.2) is 63.2 Å². The first-order valence-electron chi connectivity index (χ1n) is 20.2. The normalized spacial score (nSPS) is 12.0. The van der Waals surface area contributed by atoms with E-state index in [1.807, 2.05) is 36.5 Å². The van der Waals surface area contributed by atoms with Crippen molar-refractivity contribution in [1.29, 1.82) is 5.26 Å². The van der Waals surface area contributed by atoms with Gasteiger partial charge in [-0.3, -0.25) is 20.1 Å². The number of hydrogen-bond donors (Lipinski definition) is 5. The average Bonchev–Trinajstić information content (AvgIpc) is 3.29. The molecule has 62 heavy (non-hydrogen) atoms. The Morgan fingerprint density at radius 2 is 1.52 bits per heavy atom. The molecule has 2 aromatic heterocycles. The summed E-state index contributed by atoms with van der Waals surface area (Å²) in [7, 11) is 0. The molecule has 0 radical (unpaired) electrons. The number of nitriles is 1. The first kappa shape index (κ1) is 45.2. The predicted octanol–water partition coefficient (Wildman–Crippen LogP) is 7.74. The summed E-state index contributed by atoms with van der Waals surface area (Å²) in [6.07, 6.45) is 7.39. The van der Waals surface area contributed by atoms with Crippen molar-refractivity contribution in [1.82, 2.24) is 20.6 Å². The number of aliphatic carboxylic acids is 1. The lowest BCUT2D eigenvalue weighted by Crippen LogP contribution is -2.52. The minimum absolute atomic E-state index is 0.0153. The van der Waals surface area contributed by atoms with Crippen molar-refractivity contribution in [3.8, 4) is 45.6 Å². The van der Waals surface area contributed by atoms with Gasteiger partial charge in [0.25, 0.3) is 0 Å². The van der Waals surface area contributed by atoms with Crippen LogP contribution in [-0.2, 0) is 37.5 Å². The van der Waals surface area contributed by atoms with Gasteiger partial charge < -0.3 is 34.8 Å². The Bertz CT molecular complexity index is 2530. The van der Waals surface area contributed by atoms with Gasteiger partial charge in [0, 0.05) is 73.6 Å². The maximum Gasteiger partial charge on any atom is 0.326 e. The second-order valence-corrected chi connectivity index (χ2v) is 15.5. The Balaban J connectivity index is 1.23. The van der Waals surface area contributed by atoms with Crippen molar-refractivity contribution in [2.45, 2.75) is 59.0 Å². The van der Waals surface area contributed by atoms with Crippen LogP contribution in [0.3, 0.4) is 0 Å². The molecule has 6 rings (SSSR count). The first-order chi connectivity index (χ1) is 30.0. The number of carboxylic acids is 1. The Hall–Kier alpha value is -6.33. The molecule has 0 amide bonds. The zero-order valence-corrected chi connectivity index (χ0v) is 35.7. The number of aromatic nitrogens is 2. The van der Waals surface area contributed by atoms with Gasteiger partial charge in [0.15, 0.2) is 0 Å². The molecule has 13 heteroatoms. The number of ether oxygens (including phenoxy) is 3. The summed E-state index contributed by atoms with van der Waals surface area (Å²) in [6, 6.07) is 29.7. The van der Waals surface area contributed by atoms with Crippen LogP contribution in [0.15, 0.2) is 110 Å². The van der Waals surface area contributed by atoms with Crippen molar-refractivity contribution in [3.63, 3.8) is 0 Å². The molecule has 1 atom stereocenters. The molecule has 4 aromatic carbocycles. The van der Waals surface area contributed by atoms with E-state index in [-0.39, 0.29) is 31.4 Å². The highest BCUT2D eigenvalue weighted by molar-refractivity contribution is 6.32. The fourth-order valence-corrected chi connectivity index (χ4v) is 7.16. The second kappa shape index (κ2) is 21.5. The summed E-state index contributed by atoms with van der Waals surface area (Å²) in [5, 5.41) is 44.8. The van der Waals surface area contributed by atoms with Gasteiger partial charge in [-0.05, 0) is 95.6 Å². The lowest BCUT2D eigenvalue weighted by molar-refractivity contribution is -0.145. The van der Waals surface area contributed by atoms with Crippen LogP contribution < -0.4 is 24.8 Å². The number of halogens is 1. The van der Waals surface area contributed by atoms with Gasteiger partial charge in [0.2, 0.25) is 0 Å². The fourth-order valence-electron chi connectivity index (χ4n) is 6.92. The Morgan fingerprint density at radius 1 is 0.774 bits per heavy atom. The molecule has 0 aliphatic rings. The third-order valence-corrected chi connectivity index (χ3v) is 11.0. The highest BCUT2D eigenvalue weighted by atomic mass is 35.5. The average molecular weight is 856 g/mol. The van der Waals surface area contributed by atoms with Crippen LogP contribution >= 0.6 is 11.6 Å². The van der Waals surface area contributed by atoms with E-state index >= 15 is 0 Å². The van der Waals surface area contributed by atoms with Crippen molar-refractivity contribution in [2.75, 3.05) is 26.4 Å². The lowest BCUT2D eigenvalue weighted by Gasteiger charge is -2.25. The molecule has 12 nitrogen and oxygen atoms in total. The molecular formula is C49H50ClN5O7. The van der Waals surface area contributed by atoms with Gasteiger partial charge in [0.05, 0.1) is 30.4 Å². The largest absolute Gasteiger partial charge is 0.493 e. The fraction of sp³-hybridized carbons (Fsp3) is 0.265. The van der Waals surface area contributed by atoms with Crippen LogP contribution in [0.4, 0.5) is 0 Å². The Morgan fingerprint density at radius 3 is 2.26 bits per heavy atom. The number of hydrogen-bond acceptors (Lipinski definition) is 11.